The normalized spacial score (nSPS) is 15.1. The van der Waals surface area contributed by atoms with Gasteiger partial charge in [-0.05, 0) is 25.0 Å². The highest BCUT2D eigenvalue weighted by Crippen LogP contribution is 2.46. The molecule has 0 spiro atoms. The lowest BCUT2D eigenvalue weighted by molar-refractivity contribution is 0.0825. The summed E-state index contributed by atoms with van der Waals surface area (Å²) < 4.78 is 36.3. The van der Waals surface area contributed by atoms with E-state index >= 15 is 0 Å². The second kappa shape index (κ2) is 8.69. The Morgan fingerprint density at radius 2 is 1.91 bits per heavy atom. The molecule has 1 N–H and O–H groups in total. The van der Waals surface area contributed by atoms with Crippen molar-refractivity contribution < 1.29 is 23.4 Å². The van der Waals surface area contributed by atoms with E-state index in [2.05, 4.69) is 4.98 Å². The molecule has 35 heavy (non-hydrogen) atoms. The van der Waals surface area contributed by atoms with Gasteiger partial charge in [0.1, 0.15) is 34.5 Å². The zero-order valence-electron chi connectivity index (χ0n) is 19.7. The minimum Gasteiger partial charge on any atom is -0.505 e. The van der Waals surface area contributed by atoms with Crippen molar-refractivity contribution in [2.75, 3.05) is 20.7 Å². The lowest BCUT2D eigenvalue weighted by Gasteiger charge is -2.29. The second-order valence-corrected chi connectivity index (χ2v) is 8.97. The van der Waals surface area contributed by atoms with Gasteiger partial charge in [0.25, 0.3) is 5.91 Å². The molecule has 6 nitrogen and oxygen atoms in total. The molecular formula is C27H25F2N3O3. The van der Waals surface area contributed by atoms with Crippen molar-refractivity contribution in [1.29, 1.82) is 0 Å². The molecule has 1 aromatic heterocycles. The van der Waals surface area contributed by atoms with Crippen molar-refractivity contribution in [3.63, 3.8) is 0 Å². The largest absolute Gasteiger partial charge is 0.505 e. The van der Waals surface area contributed by atoms with Crippen LogP contribution in [0.5, 0.6) is 11.5 Å². The van der Waals surface area contributed by atoms with E-state index in [1.54, 1.807) is 20.2 Å². The van der Waals surface area contributed by atoms with Crippen molar-refractivity contribution in [2.45, 2.75) is 25.8 Å². The van der Waals surface area contributed by atoms with Gasteiger partial charge in [0.15, 0.2) is 0 Å². The van der Waals surface area contributed by atoms with E-state index in [1.807, 2.05) is 41.8 Å². The van der Waals surface area contributed by atoms with Crippen LogP contribution in [0, 0.1) is 18.6 Å². The quantitative estimate of drug-likeness (QED) is 0.450. The molecule has 0 saturated heterocycles. The van der Waals surface area contributed by atoms with E-state index < -0.39 is 17.6 Å². The number of rotatable bonds is 4. The zero-order valence-corrected chi connectivity index (χ0v) is 19.7. The number of phenolic OH excluding ortho intramolecular Hbond substituents is 1. The number of halogens is 2. The Labute approximate surface area is 201 Å². The number of fused-ring (bicyclic) bond motifs is 2. The lowest BCUT2D eigenvalue weighted by atomic mass is 9.82. The average molecular weight is 478 g/mol. The van der Waals surface area contributed by atoms with E-state index in [9.17, 15) is 18.7 Å². The fourth-order valence-corrected chi connectivity index (χ4v) is 4.85. The summed E-state index contributed by atoms with van der Waals surface area (Å²) >= 11 is 0. The fraction of sp³-hybridized carbons (Fsp3) is 0.259. The highest BCUT2D eigenvalue weighted by atomic mass is 19.1. The van der Waals surface area contributed by atoms with E-state index in [0.717, 1.165) is 17.7 Å². The van der Waals surface area contributed by atoms with Gasteiger partial charge in [0.2, 0.25) is 0 Å². The Morgan fingerprint density at radius 1 is 1.17 bits per heavy atom. The molecule has 8 heteroatoms. The molecule has 3 aromatic carbocycles. The number of hydrogen-bond acceptors (Lipinski definition) is 4. The predicted octanol–water partition coefficient (Wildman–Crippen LogP) is 4.99. The first-order valence-electron chi connectivity index (χ1n) is 11.4. The minimum absolute atomic E-state index is 0.0762. The molecule has 1 atom stereocenters. The summed E-state index contributed by atoms with van der Waals surface area (Å²) in [5.74, 6) is -2.00. The summed E-state index contributed by atoms with van der Waals surface area (Å²) in [6.45, 7) is 2.53. The molecule has 0 fully saturated rings. The Hall–Kier alpha value is -3.94. The van der Waals surface area contributed by atoms with Gasteiger partial charge < -0.3 is 19.3 Å². The number of aryl methyl sites for hydroxylation is 1. The number of aromatic nitrogens is 2. The highest BCUT2D eigenvalue weighted by Gasteiger charge is 2.34. The SMILES string of the molecule is Cc1nc2c(O)c([C@H]3CCOc4cc(F)cc(F)c43)c(C(=O)N(C)C)cc2n1Cc1ccccc1. The van der Waals surface area contributed by atoms with Crippen LogP contribution in [0.2, 0.25) is 0 Å². The van der Waals surface area contributed by atoms with Crippen LogP contribution in [0.4, 0.5) is 8.78 Å². The first-order valence-corrected chi connectivity index (χ1v) is 11.4. The monoisotopic (exact) mass is 477 g/mol. The number of amides is 1. The number of hydrogen-bond donors (Lipinski definition) is 1. The molecule has 1 aliphatic heterocycles. The van der Waals surface area contributed by atoms with Gasteiger partial charge in [-0.25, -0.2) is 13.8 Å². The Kier molecular flexibility index (Phi) is 5.67. The second-order valence-electron chi connectivity index (χ2n) is 8.97. The van der Waals surface area contributed by atoms with Crippen molar-refractivity contribution in [1.82, 2.24) is 14.5 Å². The molecule has 4 aromatic rings. The summed E-state index contributed by atoms with van der Waals surface area (Å²) in [5.41, 5.74) is 2.62. The molecule has 0 radical (unpaired) electrons. The van der Waals surface area contributed by atoms with Crippen LogP contribution in [0.25, 0.3) is 11.0 Å². The smallest absolute Gasteiger partial charge is 0.253 e. The third-order valence-corrected chi connectivity index (χ3v) is 6.49. The maximum absolute atomic E-state index is 15.0. The Bertz CT molecular complexity index is 1450. The standard InChI is InChI=1S/C27H25F2N3O3/c1-15-30-25-21(32(15)14-16-7-5-4-6-8-16)13-19(27(34)31(2)3)23(26(25)33)18-9-10-35-22-12-17(28)11-20(29)24(18)22/h4-8,11-13,18,33H,9-10,14H2,1-3H3/t18-/m1/s1. The average Bonchev–Trinajstić information content (AvgIpc) is 3.14. The Morgan fingerprint density at radius 3 is 2.63 bits per heavy atom. The lowest BCUT2D eigenvalue weighted by Crippen LogP contribution is -2.26. The number of aromatic hydroxyl groups is 1. The predicted molar refractivity (Wildman–Crippen MR) is 128 cm³/mol. The molecule has 5 rings (SSSR count). The third-order valence-electron chi connectivity index (χ3n) is 6.49. The maximum Gasteiger partial charge on any atom is 0.253 e. The highest BCUT2D eigenvalue weighted by molar-refractivity contribution is 6.01. The van der Waals surface area contributed by atoms with Crippen LogP contribution in [-0.4, -0.2) is 46.2 Å². The van der Waals surface area contributed by atoms with Crippen LogP contribution in [0.15, 0.2) is 48.5 Å². The molecule has 1 aliphatic rings. The molecule has 2 heterocycles. The van der Waals surface area contributed by atoms with Gasteiger partial charge in [-0.15, -0.1) is 0 Å². The maximum atomic E-state index is 15.0. The van der Waals surface area contributed by atoms with Crippen molar-refractivity contribution in [2.24, 2.45) is 0 Å². The third kappa shape index (κ3) is 3.88. The molecular weight excluding hydrogens is 452 g/mol. The minimum atomic E-state index is -0.779. The van der Waals surface area contributed by atoms with Crippen LogP contribution < -0.4 is 4.74 Å². The molecule has 0 unspecified atom stereocenters. The van der Waals surface area contributed by atoms with Gasteiger partial charge in [0, 0.05) is 55.4 Å². The molecule has 0 saturated carbocycles. The van der Waals surface area contributed by atoms with E-state index in [0.29, 0.717) is 29.8 Å². The van der Waals surface area contributed by atoms with E-state index in [-0.39, 0.29) is 40.7 Å². The van der Waals surface area contributed by atoms with Crippen molar-refractivity contribution in [3.8, 4) is 11.5 Å². The van der Waals surface area contributed by atoms with Crippen LogP contribution in [-0.2, 0) is 6.54 Å². The van der Waals surface area contributed by atoms with Crippen molar-refractivity contribution >= 4 is 16.9 Å². The number of benzene rings is 3. The first kappa shape index (κ1) is 22.8. The number of phenols is 1. The fourth-order valence-electron chi connectivity index (χ4n) is 4.85. The van der Waals surface area contributed by atoms with Gasteiger partial charge in [-0.3, -0.25) is 4.79 Å². The topological polar surface area (TPSA) is 67.6 Å². The molecule has 0 aliphatic carbocycles. The Balaban J connectivity index is 1.76. The van der Waals surface area contributed by atoms with Gasteiger partial charge in [-0.1, -0.05) is 30.3 Å². The number of nitrogens with zero attached hydrogens (tertiary/aromatic N) is 3. The zero-order chi connectivity index (χ0) is 24.9. The number of carbonyl (C=O) groups excluding carboxylic acids is 1. The number of imidazole rings is 1. The summed E-state index contributed by atoms with van der Waals surface area (Å²) in [4.78, 5) is 19.3. The van der Waals surface area contributed by atoms with E-state index in [1.165, 1.54) is 4.90 Å². The van der Waals surface area contributed by atoms with Crippen molar-refractivity contribution in [3.05, 3.63) is 88.2 Å². The summed E-state index contributed by atoms with van der Waals surface area (Å²) in [7, 11) is 3.24. The molecule has 1 amide bonds. The summed E-state index contributed by atoms with van der Waals surface area (Å²) in [6, 6.07) is 13.4. The summed E-state index contributed by atoms with van der Waals surface area (Å²) in [5, 5.41) is 11.5. The van der Waals surface area contributed by atoms with Crippen LogP contribution >= 0.6 is 0 Å². The molecule has 0 bridgehead atoms. The van der Waals surface area contributed by atoms with Gasteiger partial charge in [0.05, 0.1) is 12.1 Å². The first-order chi connectivity index (χ1) is 16.8. The summed E-state index contributed by atoms with van der Waals surface area (Å²) in [6.07, 6.45) is 0.312. The van der Waals surface area contributed by atoms with E-state index in [4.69, 9.17) is 4.74 Å². The van der Waals surface area contributed by atoms with Gasteiger partial charge >= 0.3 is 0 Å². The van der Waals surface area contributed by atoms with Crippen LogP contribution in [0.3, 0.4) is 0 Å². The number of ether oxygens (including phenoxy) is 1. The van der Waals surface area contributed by atoms with Gasteiger partial charge in [-0.2, -0.15) is 0 Å². The molecule has 180 valence electrons. The van der Waals surface area contributed by atoms with Crippen LogP contribution in [0.1, 0.15) is 45.2 Å². The number of carbonyl (C=O) groups is 1.